The lowest BCUT2D eigenvalue weighted by Crippen LogP contribution is -2.22. The third-order valence-corrected chi connectivity index (χ3v) is 4.72. The highest BCUT2D eigenvalue weighted by atomic mass is 16.1. The minimum absolute atomic E-state index is 0.0174. The largest absolute Gasteiger partial charge is 0.315 e. The summed E-state index contributed by atoms with van der Waals surface area (Å²) in [6, 6.07) is 18.1. The summed E-state index contributed by atoms with van der Waals surface area (Å²) >= 11 is 0. The van der Waals surface area contributed by atoms with Gasteiger partial charge in [-0.05, 0) is 17.0 Å². The quantitative estimate of drug-likeness (QED) is 0.754. The highest BCUT2D eigenvalue weighted by Crippen LogP contribution is 2.32. The Labute approximate surface area is 135 Å². The van der Waals surface area contributed by atoms with Crippen LogP contribution in [-0.4, -0.2) is 23.9 Å². The fourth-order valence-electron chi connectivity index (χ4n) is 3.54. The van der Waals surface area contributed by atoms with E-state index in [2.05, 4.69) is 22.4 Å². The van der Waals surface area contributed by atoms with Gasteiger partial charge in [-0.15, -0.1) is 0 Å². The number of Topliss-reactive ketones (excluding diaryl/α,β-unsaturated/α-hetero) is 1. The van der Waals surface area contributed by atoms with E-state index in [0.717, 1.165) is 29.4 Å². The average molecular weight is 302 g/mol. The SMILES string of the molecule is O=C(c1cccc2cnccc12)[C@@H]1CNC[C@H]1c1ccccc1. The van der Waals surface area contributed by atoms with E-state index in [9.17, 15) is 4.79 Å². The molecule has 4 rings (SSSR count). The number of carbonyl (C=O) groups excluding carboxylic acids is 1. The van der Waals surface area contributed by atoms with Crippen LogP contribution in [0, 0.1) is 5.92 Å². The number of nitrogens with one attached hydrogen (secondary N) is 1. The fraction of sp³-hybridized carbons (Fsp3) is 0.200. The van der Waals surface area contributed by atoms with Crippen LogP contribution >= 0.6 is 0 Å². The predicted molar refractivity (Wildman–Crippen MR) is 91.6 cm³/mol. The van der Waals surface area contributed by atoms with Crippen LogP contribution in [0.5, 0.6) is 0 Å². The molecule has 0 bridgehead atoms. The molecule has 0 amide bonds. The molecular weight excluding hydrogens is 284 g/mol. The van der Waals surface area contributed by atoms with Crippen molar-refractivity contribution in [2.75, 3.05) is 13.1 Å². The second kappa shape index (κ2) is 5.94. The Balaban J connectivity index is 1.73. The Kier molecular flexibility index (Phi) is 3.64. The number of hydrogen-bond acceptors (Lipinski definition) is 3. The van der Waals surface area contributed by atoms with Crippen molar-refractivity contribution in [1.29, 1.82) is 0 Å². The van der Waals surface area contributed by atoms with Gasteiger partial charge in [-0.3, -0.25) is 9.78 Å². The molecule has 0 radical (unpaired) electrons. The Morgan fingerprint density at radius 2 is 1.87 bits per heavy atom. The Hall–Kier alpha value is -2.52. The Morgan fingerprint density at radius 3 is 2.74 bits per heavy atom. The van der Waals surface area contributed by atoms with E-state index in [1.807, 2.05) is 48.7 Å². The van der Waals surface area contributed by atoms with Crippen molar-refractivity contribution < 1.29 is 4.79 Å². The van der Waals surface area contributed by atoms with E-state index in [1.54, 1.807) is 6.20 Å². The average Bonchev–Trinajstić information content (AvgIpc) is 3.11. The van der Waals surface area contributed by atoms with Crippen LogP contribution in [0.2, 0.25) is 0 Å². The Morgan fingerprint density at radius 1 is 1.00 bits per heavy atom. The number of fused-ring (bicyclic) bond motifs is 1. The lowest BCUT2D eigenvalue weighted by molar-refractivity contribution is 0.0922. The number of rotatable bonds is 3. The van der Waals surface area contributed by atoms with Gasteiger partial charge in [0.15, 0.2) is 5.78 Å². The summed E-state index contributed by atoms with van der Waals surface area (Å²) in [4.78, 5) is 17.3. The van der Waals surface area contributed by atoms with Gasteiger partial charge in [-0.2, -0.15) is 0 Å². The molecule has 1 fully saturated rings. The van der Waals surface area contributed by atoms with Gasteiger partial charge in [-0.25, -0.2) is 0 Å². The number of ketones is 1. The van der Waals surface area contributed by atoms with Gasteiger partial charge >= 0.3 is 0 Å². The molecule has 1 aliphatic rings. The highest BCUT2D eigenvalue weighted by molar-refractivity contribution is 6.09. The molecule has 1 N–H and O–H groups in total. The van der Waals surface area contributed by atoms with Gasteiger partial charge in [0.25, 0.3) is 0 Å². The van der Waals surface area contributed by atoms with Gasteiger partial charge in [-0.1, -0.05) is 48.5 Å². The zero-order valence-corrected chi connectivity index (χ0v) is 12.8. The molecule has 2 heterocycles. The lowest BCUT2D eigenvalue weighted by atomic mass is 9.83. The third kappa shape index (κ3) is 2.53. The number of benzene rings is 2. The van der Waals surface area contributed by atoms with Crippen molar-refractivity contribution in [2.45, 2.75) is 5.92 Å². The maximum Gasteiger partial charge on any atom is 0.168 e. The molecule has 2 atom stereocenters. The van der Waals surface area contributed by atoms with Crippen LogP contribution in [0.4, 0.5) is 0 Å². The van der Waals surface area contributed by atoms with E-state index in [4.69, 9.17) is 0 Å². The molecule has 0 spiro atoms. The van der Waals surface area contributed by atoms with Crippen LogP contribution in [-0.2, 0) is 0 Å². The summed E-state index contributed by atoms with van der Waals surface area (Å²) in [6.07, 6.45) is 3.56. The number of carbonyl (C=O) groups is 1. The molecular formula is C20H18N2O. The first-order chi connectivity index (χ1) is 11.3. The summed E-state index contributed by atoms with van der Waals surface area (Å²) in [5.74, 6) is 0.442. The van der Waals surface area contributed by atoms with Crippen molar-refractivity contribution in [1.82, 2.24) is 10.3 Å². The molecule has 1 aromatic heterocycles. The smallest absolute Gasteiger partial charge is 0.168 e. The molecule has 3 heteroatoms. The monoisotopic (exact) mass is 302 g/mol. The van der Waals surface area contributed by atoms with Gasteiger partial charge in [0.2, 0.25) is 0 Å². The molecule has 3 nitrogen and oxygen atoms in total. The summed E-state index contributed by atoms with van der Waals surface area (Å²) < 4.78 is 0. The third-order valence-electron chi connectivity index (χ3n) is 4.72. The second-order valence-electron chi connectivity index (χ2n) is 6.05. The summed E-state index contributed by atoms with van der Waals surface area (Å²) in [6.45, 7) is 1.59. The molecule has 1 aliphatic heterocycles. The van der Waals surface area contributed by atoms with E-state index in [0.29, 0.717) is 0 Å². The molecule has 0 aliphatic carbocycles. The Bertz CT molecular complexity index is 839. The number of nitrogens with zero attached hydrogens (tertiary/aromatic N) is 1. The molecule has 114 valence electrons. The predicted octanol–water partition coefficient (Wildman–Crippen LogP) is 3.42. The molecule has 0 unspecified atom stereocenters. The number of aromatic nitrogens is 1. The number of pyridine rings is 1. The van der Waals surface area contributed by atoms with Crippen LogP contribution in [0.25, 0.3) is 10.8 Å². The van der Waals surface area contributed by atoms with Crippen LogP contribution in [0.1, 0.15) is 21.8 Å². The molecule has 0 saturated carbocycles. The molecule has 3 aromatic rings. The lowest BCUT2D eigenvalue weighted by Gasteiger charge is -2.18. The second-order valence-corrected chi connectivity index (χ2v) is 6.05. The molecule has 2 aromatic carbocycles. The van der Waals surface area contributed by atoms with E-state index < -0.39 is 0 Å². The van der Waals surface area contributed by atoms with Gasteiger partial charge in [0.05, 0.1) is 0 Å². The van der Waals surface area contributed by atoms with Crippen molar-refractivity contribution >= 4 is 16.6 Å². The van der Waals surface area contributed by atoms with Crippen molar-refractivity contribution in [3.05, 3.63) is 78.1 Å². The summed E-state index contributed by atoms with van der Waals surface area (Å²) in [5.41, 5.74) is 2.04. The van der Waals surface area contributed by atoms with Crippen LogP contribution in [0.3, 0.4) is 0 Å². The minimum Gasteiger partial charge on any atom is -0.315 e. The standard InChI is InChI=1S/C20H18N2O/c23-20(17-8-4-7-15-11-21-10-9-16(15)17)19-13-22-12-18(19)14-5-2-1-3-6-14/h1-11,18-19,22H,12-13H2/t18-,19+/m0/s1. The maximum absolute atomic E-state index is 13.2. The normalized spacial score (nSPS) is 20.7. The van der Waals surface area contributed by atoms with E-state index in [-0.39, 0.29) is 17.6 Å². The van der Waals surface area contributed by atoms with Gasteiger partial charge in [0.1, 0.15) is 0 Å². The van der Waals surface area contributed by atoms with Crippen molar-refractivity contribution in [3.8, 4) is 0 Å². The molecule has 1 saturated heterocycles. The van der Waals surface area contributed by atoms with E-state index >= 15 is 0 Å². The van der Waals surface area contributed by atoms with Crippen LogP contribution < -0.4 is 5.32 Å². The minimum atomic E-state index is -0.0174. The van der Waals surface area contributed by atoms with Crippen molar-refractivity contribution in [3.63, 3.8) is 0 Å². The maximum atomic E-state index is 13.2. The van der Waals surface area contributed by atoms with Crippen molar-refractivity contribution in [2.24, 2.45) is 5.92 Å². The van der Waals surface area contributed by atoms with Gasteiger partial charge in [0, 0.05) is 48.3 Å². The first-order valence-corrected chi connectivity index (χ1v) is 7.97. The number of hydrogen-bond donors (Lipinski definition) is 1. The van der Waals surface area contributed by atoms with Gasteiger partial charge < -0.3 is 5.32 Å². The molecule has 23 heavy (non-hydrogen) atoms. The first kappa shape index (κ1) is 14.1. The summed E-state index contributed by atoms with van der Waals surface area (Å²) in [5, 5.41) is 5.39. The zero-order chi connectivity index (χ0) is 15.6. The topological polar surface area (TPSA) is 42.0 Å². The fourth-order valence-corrected chi connectivity index (χ4v) is 3.54. The highest BCUT2D eigenvalue weighted by Gasteiger charge is 2.34. The van der Waals surface area contributed by atoms with Crippen LogP contribution in [0.15, 0.2) is 67.0 Å². The zero-order valence-electron chi connectivity index (χ0n) is 12.8. The first-order valence-electron chi connectivity index (χ1n) is 7.97. The van der Waals surface area contributed by atoms with E-state index in [1.165, 1.54) is 5.56 Å². The summed E-state index contributed by atoms with van der Waals surface area (Å²) in [7, 11) is 0.